The molecule has 5 rings (SSSR count). The Morgan fingerprint density at radius 3 is 2.20 bits per heavy atom. The van der Waals surface area contributed by atoms with Crippen LogP contribution in [0.1, 0.15) is 37.7 Å². The minimum Gasteiger partial charge on any atom is -0.496 e. The monoisotopic (exact) mass is 597 g/mol. The molecule has 0 atom stereocenters. The average Bonchev–Trinajstić information content (AvgIpc) is 3.46. The highest BCUT2D eigenvalue weighted by atomic mass is 32.2. The summed E-state index contributed by atoms with van der Waals surface area (Å²) < 4.78 is 56.3. The first kappa shape index (κ1) is 30.4. The van der Waals surface area contributed by atoms with Gasteiger partial charge in [-0.1, -0.05) is 6.42 Å². The van der Waals surface area contributed by atoms with Gasteiger partial charge in [0.25, 0.3) is 16.0 Å². The minimum atomic E-state index is -3.67. The SMILES string of the molecule is COCc1cc(OC)c(-c2csc3c(N(CC4CCC4)C4CCOCC4)c(OC)nn23)c(OC)c1.CS(=O)(=O)O. The summed E-state index contributed by atoms with van der Waals surface area (Å²) in [5.41, 5.74) is 3.87. The van der Waals surface area contributed by atoms with Crippen LogP contribution in [0.15, 0.2) is 17.5 Å². The third-order valence-corrected chi connectivity index (χ3v) is 8.15. The lowest BCUT2D eigenvalue weighted by atomic mass is 9.84. The van der Waals surface area contributed by atoms with Crippen LogP contribution in [0, 0.1) is 5.92 Å². The van der Waals surface area contributed by atoms with E-state index >= 15 is 0 Å². The maximum atomic E-state index is 9.19. The van der Waals surface area contributed by atoms with Gasteiger partial charge in [-0.25, -0.2) is 4.52 Å². The molecule has 2 aromatic heterocycles. The molecule has 40 heavy (non-hydrogen) atoms. The third kappa shape index (κ3) is 7.00. The molecule has 0 amide bonds. The molecular weight excluding hydrogens is 558 g/mol. The number of hydrogen-bond donors (Lipinski definition) is 1. The molecule has 0 bridgehead atoms. The molecule has 1 aliphatic carbocycles. The van der Waals surface area contributed by atoms with Crippen molar-refractivity contribution in [1.29, 1.82) is 0 Å². The molecule has 1 saturated carbocycles. The first-order valence-electron chi connectivity index (χ1n) is 13.2. The van der Waals surface area contributed by atoms with Crippen LogP contribution in [-0.2, 0) is 26.2 Å². The van der Waals surface area contributed by atoms with Crippen molar-refractivity contribution in [2.75, 3.05) is 59.4 Å². The van der Waals surface area contributed by atoms with Crippen molar-refractivity contribution in [2.45, 2.75) is 44.8 Å². The number of aromatic nitrogens is 2. The molecule has 11 nitrogen and oxygen atoms in total. The first-order valence-corrected chi connectivity index (χ1v) is 16.0. The molecule has 1 saturated heterocycles. The Morgan fingerprint density at radius 1 is 1.07 bits per heavy atom. The molecule has 2 fully saturated rings. The number of anilines is 1. The van der Waals surface area contributed by atoms with Gasteiger partial charge in [-0.3, -0.25) is 4.55 Å². The van der Waals surface area contributed by atoms with Crippen molar-refractivity contribution in [3.63, 3.8) is 0 Å². The van der Waals surface area contributed by atoms with E-state index in [4.69, 9.17) is 33.3 Å². The number of ether oxygens (including phenoxy) is 5. The second-order valence-electron chi connectivity index (χ2n) is 10.0. The molecule has 1 aromatic carbocycles. The Balaban J connectivity index is 0.000000681. The number of nitrogens with zero attached hydrogens (tertiary/aromatic N) is 3. The summed E-state index contributed by atoms with van der Waals surface area (Å²) in [5.74, 6) is 2.84. The molecule has 3 heterocycles. The topological polar surface area (TPSA) is 121 Å². The van der Waals surface area contributed by atoms with Crippen LogP contribution in [0.2, 0.25) is 0 Å². The lowest BCUT2D eigenvalue weighted by Crippen LogP contribution is -2.43. The van der Waals surface area contributed by atoms with Crippen LogP contribution in [-0.4, -0.2) is 83.1 Å². The first-order chi connectivity index (χ1) is 19.2. The Hall–Kier alpha value is -2.58. The lowest BCUT2D eigenvalue weighted by molar-refractivity contribution is 0.0828. The van der Waals surface area contributed by atoms with Crippen molar-refractivity contribution in [2.24, 2.45) is 5.92 Å². The number of rotatable bonds is 10. The Bertz CT molecular complexity index is 1340. The van der Waals surface area contributed by atoms with E-state index < -0.39 is 10.1 Å². The largest absolute Gasteiger partial charge is 0.496 e. The van der Waals surface area contributed by atoms with E-state index in [1.54, 1.807) is 39.8 Å². The van der Waals surface area contributed by atoms with Gasteiger partial charge >= 0.3 is 0 Å². The van der Waals surface area contributed by atoms with Gasteiger partial charge in [0.1, 0.15) is 22.0 Å². The quantitative estimate of drug-likeness (QED) is 0.334. The summed E-state index contributed by atoms with van der Waals surface area (Å²) in [6.45, 7) is 3.12. The highest BCUT2D eigenvalue weighted by Gasteiger charge is 2.33. The van der Waals surface area contributed by atoms with E-state index in [0.29, 0.717) is 24.8 Å². The van der Waals surface area contributed by atoms with Gasteiger partial charge in [0.2, 0.25) is 0 Å². The zero-order valence-corrected chi connectivity index (χ0v) is 25.3. The van der Waals surface area contributed by atoms with Gasteiger partial charge in [0.15, 0.2) is 0 Å². The molecule has 1 N–H and O–H groups in total. The fourth-order valence-electron chi connectivity index (χ4n) is 5.20. The van der Waals surface area contributed by atoms with Gasteiger partial charge in [-0.2, -0.15) is 8.42 Å². The fraction of sp³-hybridized carbons (Fsp3) is 0.593. The minimum absolute atomic E-state index is 0.425. The predicted molar refractivity (Wildman–Crippen MR) is 155 cm³/mol. The van der Waals surface area contributed by atoms with Crippen LogP contribution < -0.4 is 19.1 Å². The van der Waals surface area contributed by atoms with Crippen LogP contribution >= 0.6 is 11.3 Å². The van der Waals surface area contributed by atoms with Crippen LogP contribution in [0.3, 0.4) is 0 Å². The molecule has 1 aliphatic heterocycles. The van der Waals surface area contributed by atoms with E-state index in [2.05, 4.69) is 10.3 Å². The summed E-state index contributed by atoms with van der Waals surface area (Å²) in [4.78, 5) is 3.64. The van der Waals surface area contributed by atoms with Crippen LogP contribution in [0.4, 0.5) is 5.69 Å². The number of hydrogen-bond acceptors (Lipinski definition) is 10. The summed E-state index contributed by atoms with van der Waals surface area (Å²) in [5, 5.41) is 7.07. The maximum Gasteiger partial charge on any atom is 0.261 e. The standard InChI is InChI=1S/C26H35N3O5S.CH4O3S/c1-30-15-18-12-21(31-2)23(22(13-18)32-3)20-16-35-26-24(25(33-4)27-29(20)26)28(14-17-6-5-7-17)19-8-10-34-11-9-19;1-5(2,3)4/h12-13,16-17,19H,5-11,14-15H2,1-4H3;1H3,(H,2,3,4). The Kier molecular flexibility index (Phi) is 10.2. The third-order valence-electron chi connectivity index (χ3n) is 7.22. The predicted octanol–water partition coefficient (Wildman–Crippen LogP) is 4.52. The summed E-state index contributed by atoms with van der Waals surface area (Å²) in [6.07, 6.45) is 6.68. The highest BCUT2D eigenvalue weighted by Crippen LogP contribution is 2.46. The smallest absolute Gasteiger partial charge is 0.261 e. The van der Waals surface area contributed by atoms with E-state index in [0.717, 1.165) is 77.4 Å². The van der Waals surface area contributed by atoms with Crippen LogP contribution in [0.5, 0.6) is 17.4 Å². The van der Waals surface area contributed by atoms with E-state index in [1.807, 2.05) is 16.6 Å². The van der Waals surface area contributed by atoms with Gasteiger partial charge in [-0.05, 0) is 49.3 Å². The zero-order valence-electron chi connectivity index (χ0n) is 23.7. The van der Waals surface area contributed by atoms with Gasteiger partial charge in [0.05, 0.1) is 45.4 Å². The molecule has 2 aliphatic rings. The zero-order chi connectivity index (χ0) is 28.9. The highest BCUT2D eigenvalue weighted by molar-refractivity contribution is 7.85. The number of benzene rings is 1. The lowest BCUT2D eigenvalue weighted by Gasteiger charge is -2.40. The molecule has 222 valence electrons. The van der Waals surface area contributed by atoms with E-state index in [-0.39, 0.29) is 0 Å². The number of fused-ring (bicyclic) bond motifs is 1. The van der Waals surface area contributed by atoms with E-state index in [1.165, 1.54) is 19.3 Å². The van der Waals surface area contributed by atoms with Crippen molar-refractivity contribution in [3.8, 4) is 28.6 Å². The second-order valence-corrected chi connectivity index (χ2v) is 12.4. The van der Waals surface area contributed by atoms with E-state index in [9.17, 15) is 8.42 Å². The Labute approximate surface area is 239 Å². The fourth-order valence-corrected chi connectivity index (χ4v) is 6.19. The van der Waals surface area contributed by atoms with Crippen molar-refractivity contribution in [1.82, 2.24) is 9.61 Å². The van der Waals surface area contributed by atoms with Gasteiger partial charge in [-0.15, -0.1) is 16.4 Å². The van der Waals surface area contributed by atoms with Crippen molar-refractivity contribution < 1.29 is 36.7 Å². The molecular formula is C27H39N3O8S2. The molecule has 3 aromatic rings. The summed E-state index contributed by atoms with van der Waals surface area (Å²) in [6, 6.07) is 4.42. The summed E-state index contributed by atoms with van der Waals surface area (Å²) in [7, 11) is 3.08. The number of methoxy groups -OCH3 is 4. The normalized spacial score (nSPS) is 16.2. The van der Waals surface area contributed by atoms with Crippen molar-refractivity contribution >= 4 is 32.0 Å². The molecule has 0 spiro atoms. The molecule has 0 radical (unpaired) electrons. The average molecular weight is 598 g/mol. The Morgan fingerprint density at radius 2 is 1.70 bits per heavy atom. The van der Waals surface area contributed by atoms with Crippen LogP contribution in [0.25, 0.3) is 16.1 Å². The molecule has 0 unspecified atom stereocenters. The van der Waals surface area contributed by atoms with Crippen molar-refractivity contribution in [3.05, 3.63) is 23.1 Å². The molecule has 13 heteroatoms. The summed E-state index contributed by atoms with van der Waals surface area (Å²) >= 11 is 1.68. The second kappa shape index (κ2) is 13.4. The van der Waals surface area contributed by atoms with Gasteiger partial charge in [0, 0.05) is 38.3 Å². The number of thiazole rings is 1. The van der Waals surface area contributed by atoms with Gasteiger partial charge < -0.3 is 28.6 Å². The maximum absolute atomic E-state index is 9.19.